The minimum absolute atomic E-state index is 0.0429. The third kappa shape index (κ3) is 4.04. The lowest BCUT2D eigenvalue weighted by Crippen LogP contribution is -2.14. The van der Waals surface area contributed by atoms with Gasteiger partial charge in [0.15, 0.2) is 5.65 Å². The number of pyridine rings is 1. The molecule has 0 atom stereocenters. The molecule has 1 aromatic carbocycles. The summed E-state index contributed by atoms with van der Waals surface area (Å²) in [5, 5.41) is 10.2. The molecule has 30 heavy (non-hydrogen) atoms. The largest absolute Gasteiger partial charge is 0.416 e. The summed E-state index contributed by atoms with van der Waals surface area (Å²) in [6.07, 6.45) is -2.77. The van der Waals surface area contributed by atoms with E-state index in [1.54, 1.807) is 23.3 Å². The number of benzene rings is 1. The predicted octanol–water partition coefficient (Wildman–Crippen LogP) is 4.60. The number of nitrogens with zero attached hydrogens (tertiary/aromatic N) is 4. The van der Waals surface area contributed by atoms with Gasteiger partial charge in [0.25, 0.3) is 0 Å². The van der Waals surface area contributed by atoms with Crippen LogP contribution in [0.5, 0.6) is 0 Å². The third-order valence-electron chi connectivity index (χ3n) is 4.50. The minimum atomic E-state index is -4.38. The molecule has 1 amide bonds. The number of aromatic nitrogens is 4. The predicted molar refractivity (Wildman–Crippen MR) is 108 cm³/mol. The van der Waals surface area contributed by atoms with Crippen LogP contribution in [0.25, 0.3) is 21.6 Å². The summed E-state index contributed by atoms with van der Waals surface area (Å²) in [7, 11) is 1.80. The summed E-state index contributed by atoms with van der Waals surface area (Å²) < 4.78 is 39.7. The standard InChI is InChI=1S/C20H16F3N5OS/c1-11-16-7-14(9-24-18(16)28(2)27-11)25-17(29)8-15-10-30-19(26-15)12-3-5-13(6-4-12)20(21,22)23/h3-7,9-10H,8H2,1-2H3,(H,25,29). The van der Waals surface area contributed by atoms with Crippen molar-refractivity contribution in [3.63, 3.8) is 0 Å². The fourth-order valence-electron chi connectivity index (χ4n) is 3.07. The lowest BCUT2D eigenvalue weighted by molar-refractivity contribution is -0.137. The number of hydrogen-bond acceptors (Lipinski definition) is 5. The Morgan fingerprint density at radius 3 is 2.67 bits per heavy atom. The third-order valence-corrected chi connectivity index (χ3v) is 5.44. The Morgan fingerprint density at radius 1 is 1.23 bits per heavy atom. The Bertz CT molecular complexity index is 1230. The van der Waals surface area contributed by atoms with Crippen LogP contribution >= 0.6 is 11.3 Å². The lowest BCUT2D eigenvalue weighted by Gasteiger charge is -2.06. The molecule has 3 aromatic heterocycles. The Kier molecular flexibility index (Phi) is 5.02. The van der Waals surface area contributed by atoms with E-state index in [2.05, 4.69) is 20.4 Å². The summed E-state index contributed by atoms with van der Waals surface area (Å²) in [6, 6.07) is 6.61. The number of anilines is 1. The summed E-state index contributed by atoms with van der Waals surface area (Å²) >= 11 is 1.28. The number of aryl methyl sites for hydroxylation is 2. The van der Waals surface area contributed by atoms with Crippen LogP contribution in [0.3, 0.4) is 0 Å². The van der Waals surface area contributed by atoms with Gasteiger partial charge in [-0.25, -0.2) is 9.97 Å². The van der Waals surface area contributed by atoms with E-state index in [-0.39, 0.29) is 12.3 Å². The summed E-state index contributed by atoms with van der Waals surface area (Å²) in [6.45, 7) is 1.87. The highest BCUT2D eigenvalue weighted by atomic mass is 32.1. The van der Waals surface area contributed by atoms with Crippen molar-refractivity contribution in [1.82, 2.24) is 19.7 Å². The molecule has 4 aromatic rings. The zero-order chi connectivity index (χ0) is 21.5. The van der Waals surface area contributed by atoms with Crippen molar-refractivity contribution in [1.29, 1.82) is 0 Å². The number of alkyl halides is 3. The average molecular weight is 431 g/mol. The van der Waals surface area contributed by atoms with Crippen LogP contribution < -0.4 is 5.32 Å². The van der Waals surface area contributed by atoms with E-state index in [1.807, 2.05) is 13.0 Å². The molecular formula is C20H16F3N5OS. The summed E-state index contributed by atoms with van der Waals surface area (Å²) in [5.41, 5.74) is 2.50. The van der Waals surface area contributed by atoms with E-state index in [9.17, 15) is 18.0 Å². The first kappa shape index (κ1) is 20.0. The van der Waals surface area contributed by atoms with Crippen molar-refractivity contribution < 1.29 is 18.0 Å². The molecule has 3 heterocycles. The summed E-state index contributed by atoms with van der Waals surface area (Å²) in [5.74, 6) is -0.262. The molecule has 0 bridgehead atoms. The van der Waals surface area contributed by atoms with E-state index >= 15 is 0 Å². The molecular weight excluding hydrogens is 415 g/mol. The molecule has 0 radical (unpaired) electrons. The fraction of sp³-hybridized carbons (Fsp3) is 0.200. The van der Waals surface area contributed by atoms with Gasteiger partial charge >= 0.3 is 6.18 Å². The number of rotatable bonds is 4. The molecule has 0 spiro atoms. The van der Waals surface area contributed by atoms with E-state index in [1.165, 1.54) is 23.5 Å². The molecule has 10 heteroatoms. The topological polar surface area (TPSA) is 72.7 Å². The van der Waals surface area contributed by atoms with E-state index in [0.717, 1.165) is 28.9 Å². The smallest absolute Gasteiger partial charge is 0.324 e. The maximum absolute atomic E-state index is 12.7. The highest BCUT2D eigenvalue weighted by Crippen LogP contribution is 2.31. The Hall–Kier alpha value is -3.27. The minimum Gasteiger partial charge on any atom is -0.324 e. The van der Waals surface area contributed by atoms with Crippen LogP contribution in [0.4, 0.5) is 18.9 Å². The first-order chi connectivity index (χ1) is 14.2. The van der Waals surface area contributed by atoms with Crippen LogP contribution in [-0.2, 0) is 24.4 Å². The number of hydrogen-bond donors (Lipinski definition) is 1. The van der Waals surface area contributed by atoms with E-state index in [0.29, 0.717) is 22.0 Å². The van der Waals surface area contributed by atoms with Gasteiger partial charge in [-0.3, -0.25) is 9.48 Å². The van der Waals surface area contributed by atoms with Crippen molar-refractivity contribution >= 4 is 34.0 Å². The SMILES string of the molecule is Cc1nn(C)c2ncc(NC(=O)Cc3csc(-c4ccc(C(F)(F)F)cc4)n3)cc12. The average Bonchev–Trinajstić information content (AvgIpc) is 3.26. The molecule has 0 unspecified atom stereocenters. The second-order valence-electron chi connectivity index (χ2n) is 6.75. The highest BCUT2D eigenvalue weighted by molar-refractivity contribution is 7.13. The van der Waals surface area contributed by atoms with Crippen LogP contribution in [0, 0.1) is 6.92 Å². The maximum Gasteiger partial charge on any atom is 0.416 e. The number of carbonyl (C=O) groups excluding carboxylic acids is 1. The van der Waals surface area contributed by atoms with Gasteiger partial charge in [-0.15, -0.1) is 11.3 Å². The van der Waals surface area contributed by atoms with Crippen molar-refractivity contribution in [2.75, 3.05) is 5.32 Å². The van der Waals surface area contributed by atoms with Crippen LogP contribution in [0.2, 0.25) is 0 Å². The molecule has 154 valence electrons. The van der Waals surface area contributed by atoms with Crippen molar-refractivity contribution in [3.8, 4) is 10.6 Å². The van der Waals surface area contributed by atoms with Crippen LogP contribution in [0.1, 0.15) is 17.0 Å². The van der Waals surface area contributed by atoms with Gasteiger partial charge in [-0.2, -0.15) is 18.3 Å². The lowest BCUT2D eigenvalue weighted by atomic mass is 10.1. The van der Waals surface area contributed by atoms with Crippen molar-refractivity contribution in [2.45, 2.75) is 19.5 Å². The van der Waals surface area contributed by atoms with E-state index < -0.39 is 11.7 Å². The number of amides is 1. The number of carbonyl (C=O) groups is 1. The zero-order valence-corrected chi connectivity index (χ0v) is 16.8. The van der Waals surface area contributed by atoms with Crippen molar-refractivity contribution in [3.05, 3.63) is 58.9 Å². The van der Waals surface area contributed by atoms with Gasteiger partial charge in [0, 0.05) is 23.4 Å². The molecule has 0 fully saturated rings. The van der Waals surface area contributed by atoms with Gasteiger partial charge in [0.2, 0.25) is 5.91 Å². The van der Waals surface area contributed by atoms with Gasteiger partial charge in [0.1, 0.15) is 5.01 Å². The monoisotopic (exact) mass is 431 g/mol. The molecule has 6 nitrogen and oxygen atoms in total. The molecule has 0 saturated heterocycles. The summed E-state index contributed by atoms with van der Waals surface area (Å²) in [4.78, 5) is 21.1. The van der Waals surface area contributed by atoms with Gasteiger partial charge in [0.05, 0.1) is 35.3 Å². The zero-order valence-electron chi connectivity index (χ0n) is 16.0. The first-order valence-corrected chi connectivity index (χ1v) is 9.80. The number of thiazole rings is 1. The molecule has 4 rings (SSSR count). The van der Waals surface area contributed by atoms with E-state index in [4.69, 9.17) is 0 Å². The quantitative estimate of drug-likeness (QED) is 0.513. The Balaban J connectivity index is 1.44. The Morgan fingerprint density at radius 2 is 1.97 bits per heavy atom. The second-order valence-corrected chi connectivity index (χ2v) is 7.61. The molecule has 1 N–H and O–H groups in total. The highest BCUT2D eigenvalue weighted by Gasteiger charge is 2.30. The van der Waals surface area contributed by atoms with Gasteiger partial charge < -0.3 is 5.32 Å². The van der Waals surface area contributed by atoms with Crippen LogP contribution in [-0.4, -0.2) is 25.7 Å². The fourth-order valence-corrected chi connectivity index (χ4v) is 3.89. The number of halogens is 3. The second kappa shape index (κ2) is 7.52. The number of nitrogens with one attached hydrogen (secondary N) is 1. The Labute approximate surface area is 173 Å². The molecule has 0 aliphatic rings. The van der Waals surface area contributed by atoms with Gasteiger partial charge in [-0.1, -0.05) is 12.1 Å². The maximum atomic E-state index is 12.7. The van der Waals surface area contributed by atoms with Crippen molar-refractivity contribution in [2.24, 2.45) is 7.05 Å². The molecule has 0 aliphatic carbocycles. The number of fused-ring (bicyclic) bond motifs is 1. The van der Waals surface area contributed by atoms with Crippen LogP contribution in [0.15, 0.2) is 41.9 Å². The normalized spacial score (nSPS) is 11.8. The first-order valence-electron chi connectivity index (χ1n) is 8.92. The molecule has 0 aliphatic heterocycles. The molecule has 0 saturated carbocycles. The van der Waals surface area contributed by atoms with Gasteiger partial charge in [-0.05, 0) is 25.1 Å².